The molecule has 0 aromatic heterocycles. The summed E-state index contributed by atoms with van der Waals surface area (Å²) >= 11 is 25.1. The second-order valence-corrected chi connectivity index (χ2v) is 8.03. The molecule has 0 radical (unpaired) electrons. The number of halogens is 4. The fraction of sp³-hybridized carbons (Fsp3) is 0.182. The van der Waals surface area contributed by atoms with Gasteiger partial charge < -0.3 is 14.8 Å². The van der Waals surface area contributed by atoms with Crippen LogP contribution in [0.25, 0.3) is 0 Å². The summed E-state index contributed by atoms with van der Waals surface area (Å²) in [5.41, 5.74) is 3.50. The maximum atomic E-state index is 6.47. The van der Waals surface area contributed by atoms with Crippen LogP contribution in [0.1, 0.15) is 16.7 Å². The van der Waals surface area contributed by atoms with Crippen LogP contribution >= 0.6 is 46.4 Å². The normalized spacial score (nSPS) is 10.7. The van der Waals surface area contributed by atoms with Gasteiger partial charge in [0.05, 0.1) is 7.11 Å². The van der Waals surface area contributed by atoms with Crippen LogP contribution in [0.4, 0.5) is 5.69 Å². The number of hydrogen-bond acceptors (Lipinski definition) is 3. The first-order valence-corrected chi connectivity index (χ1v) is 10.3. The molecule has 0 bridgehead atoms. The fourth-order valence-electron chi connectivity index (χ4n) is 2.71. The maximum absolute atomic E-state index is 6.47. The Morgan fingerprint density at radius 3 is 2.21 bits per heavy atom. The smallest absolute Gasteiger partial charge is 0.163 e. The monoisotopic (exact) mass is 469 g/mol. The van der Waals surface area contributed by atoms with Crippen LogP contribution in [-0.4, -0.2) is 7.11 Å². The molecule has 0 unspecified atom stereocenters. The second kappa shape index (κ2) is 9.82. The molecule has 7 heteroatoms. The van der Waals surface area contributed by atoms with E-state index >= 15 is 0 Å². The third-order valence-electron chi connectivity index (χ3n) is 4.42. The first-order chi connectivity index (χ1) is 13.9. The molecule has 0 heterocycles. The molecule has 0 atom stereocenters. The molecule has 3 nitrogen and oxygen atoms in total. The van der Waals surface area contributed by atoms with Crippen LogP contribution in [0.15, 0.2) is 48.5 Å². The molecule has 0 fully saturated rings. The lowest BCUT2D eigenvalue weighted by atomic mass is 10.1. The van der Waals surface area contributed by atoms with E-state index in [9.17, 15) is 0 Å². The molecule has 3 rings (SSSR count). The predicted octanol–water partition coefficient (Wildman–Crippen LogP) is 7.81. The topological polar surface area (TPSA) is 30.5 Å². The van der Waals surface area contributed by atoms with Gasteiger partial charge in [0.15, 0.2) is 11.5 Å². The number of benzene rings is 3. The van der Waals surface area contributed by atoms with E-state index in [-0.39, 0.29) is 6.61 Å². The highest BCUT2D eigenvalue weighted by molar-refractivity contribution is 6.36. The van der Waals surface area contributed by atoms with Crippen LogP contribution in [-0.2, 0) is 13.2 Å². The zero-order valence-electron chi connectivity index (χ0n) is 15.9. The van der Waals surface area contributed by atoms with E-state index in [1.807, 2.05) is 31.2 Å². The summed E-state index contributed by atoms with van der Waals surface area (Å²) in [5, 5.41) is 5.66. The van der Waals surface area contributed by atoms with Gasteiger partial charge in [0, 0.05) is 44.0 Å². The molecule has 0 amide bonds. The second-order valence-electron chi connectivity index (χ2n) is 6.40. The Bertz CT molecular complexity index is 1000. The van der Waals surface area contributed by atoms with Gasteiger partial charge in [-0.1, -0.05) is 58.5 Å². The Morgan fingerprint density at radius 2 is 1.55 bits per heavy atom. The first-order valence-electron chi connectivity index (χ1n) is 8.81. The van der Waals surface area contributed by atoms with Crippen molar-refractivity contribution in [2.45, 2.75) is 20.1 Å². The summed E-state index contributed by atoms with van der Waals surface area (Å²) in [6, 6.07) is 14.7. The number of rotatable bonds is 7. The minimum absolute atomic E-state index is 0.199. The van der Waals surface area contributed by atoms with Crippen LogP contribution in [0, 0.1) is 6.92 Å². The molecular weight excluding hydrogens is 452 g/mol. The van der Waals surface area contributed by atoms with E-state index in [1.165, 1.54) is 0 Å². The Labute approximate surface area is 190 Å². The highest BCUT2D eigenvalue weighted by Gasteiger charge is 2.13. The van der Waals surface area contributed by atoms with Gasteiger partial charge in [-0.25, -0.2) is 0 Å². The molecule has 3 aromatic carbocycles. The average molecular weight is 471 g/mol. The largest absolute Gasteiger partial charge is 0.493 e. The zero-order valence-corrected chi connectivity index (χ0v) is 18.9. The molecule has 0 aliphatic rings. The van der Waals surface area contributed by atoms with Crippen molar-refractivity contribution in [1.29, 1.82) is 0 Å². The van der Waals surface area contributed by atoms with Crippen molar-refractivity contribution in [2.75, 3.05) is 12.4 Å². The summed E-state index contributed by atoms with van der Waals surface area (Å²) in [6.45, 7) is 2.66. The van der Waals surface area contributed by atoms with Crippen molar-refractivity contribution in [2.24, 2.45) is 0 Å². The summed E-state index contributed by atoms with van der Waals surface area (Å²) in [6.07, 6.45) is 0. The lowest BCUT2D eigenvalue weighted by Crippen LogP contribution is -2.03. The van der Waals surface area contributed by atoms with Gasteiger partial charge in [0.2, 0.25) is 0 Å². The number of anilines is 1. The quantitative estimate of drug-likeness (QED) is 0.381. The molecule has 3 aromatic rings. The minimum Gasteiger partial charge on any atom is -0.493 e. The van der Waals surface area contributed by atoms with Gasteiger partial charge in [-0.05, 0) is 48.4 Å². The third kappa shape index (κ3) is 5.43. The third-order valence-corrected chi connectivity index (χ3v) is 5.89. The van der Waals surface area contributed by atoms with Crippen molar-refractivity contribution in [1.82, 2.24) is 0 Å². The van der Waals surface area contributed by atoms with E-state index in [2.05, 4.69) is 5.32 Å². The Hall–Kier alpha value is -1.78. The van der Waals surface area contributed by atoms with Crippen LogP contribution in [0.3, 0.4) is 0 Å². The number of nitrogens with one attached hydrogen (secondary N) is 1. The minimum atomic E-state index is 0.199. The standard InChI is InChI=1S/C22H19Cl4NO2/c1-13-6-7-15(9-19(13)25)27-11-14-8-21(28-2)22(10-20(14)26)29-12-16-17(23)4-3-5-18(16)24/h3-10,27H,11-12H2,1-2H3. The van der Waals surface area contributed by atoms with E-state index in [1.54, 1.807) is 31.4 Å². The summed E-state index contributed by atoms with van der Waals surface area (Å²) in [7, 11) is 1.58. The van der Waals surface area contributed by atoms with Crippen LogP contribution in [0.5, 0.6) is 11.5 Å². The van der Waals surface area contributed by atoms with Gasteiger partial charge in [-0.15, -0.1) is 0 Å². The molecule has 0 spiro atoms. The van der Waals surface area contributed by atoms with Gasteiger partial charge in [0.1, 0.15) is 6.61 Å². The number of aryl methyl sites for hydroxylation is 1. The van der Waals surface area contributed by atoms with E-state index in [0.29, 0.717) is 43.7 Å². The Balaban J connectivity index is 1.75. The SMILES string of the molecule is COc1cc(CNc2ccc(C)c(Cl)c2)c(Cl)cc1OCc1c(Cl)cccc1Cl. The summed E-state index contributed by atoms with van der Waals surface area (Å²) in [4.78, 5) is 0. The maximum Gasteiger partial charge on any atom is 0.163 e. The van der Waals surface area contributed by atoms with Crippen molar-refractivity contribution in [3.8, 4) is 11.5 Å². The first kappa shape index (κ1) is 21.9. The number of ether oxygens (including phenoxy) is 2. The summed E-state index contributed by atoms with van der Waals surface area (Å²) < 4.78 is 11.4. The fourth-order valence-corrected chi connectivity index (χ4v) is 3.61. The van der Waals surface area contributed by atoms with Crippen molar-refractivity contribution >= 4 is 52.1 Å². The molecular formula is C22H19Cl4NO2. The predicted molar refractivity (Wildman–Crippen MR) is 122 cm³/mol. The molecule has 1 N–H and O–H groups in total. The van der Waals surface area contributed by atoms with Crippen LogP contribution in [0.2, 0.25) is 20.1 Å². The Kier molecular flexibility index (Phi) is 7.42. The molecule has 0 saturated heterocycles. The molecule has 0 aliphatic carbocycles. The van der Waals surface area contributed by atoms with Gasteiger partial charge in [-0.2, -0.15) is 0 Å². The van der Waals surface area contributed by atoms with Gasteiger partial charge in [-0.3, -0.25) is 0 Å². The Morgan fingerprint density at radius 1 is 0.828 bits per heavy atom. The van der Waals surface area contributed by atoms with Crippen LogP contribution < -0.4 is 14.8 Å². The van der Waals surface area contributed by atoms with Gasteiger partial charge in [0.25, 0.3) is 0 Å². The van der Waals surface area contributed by atoms with Crippen molar-refractivity contribution in [3.63, 3.8) is 0 Å². The van der Waals surface area contributed by atoms with Crippen molar-refractivity contribution in [3.05, 3.63) is 85.3 Å². The molecule has 0 aliphatic heterocycles. The zero-order chi connectivity index (χ0) is 21.0. The molecule has 0 saturated carbocycles. The highest BCUT2D eigenvalue weighted by Crippen LogP contribution is 2.35. The van der Waals surface area contributed by atoms with E-state index in [4.69, 9.17) is 55.9 Å². The van der Waals surface area contributed by atoms with Gasteiger partial charge >= 0.3 is 0 Å². The molecule has 29 heavy (non-hydrogen) atoms. The lowest BCUT2D eigenvalue weighted by Gasteiger charge is -2.16. The average Bonchev–Trinajstić information content (AvgIpc) is 2.69. The van der Waals surface area contributed by atoms with Crippen molar-refractivity contribution < 1.29 is 9.47 Å². The van der Waals surface area contributed by atoms with E-state index < -0.39 is 0 Å². The lowest BCUT2D eigenvalue weighted by molar-refractivity contribution is 0.284. The highest BCUT2D eigenvalue weighted by atomic mass is 35.5. The molecule has 152 valence electrons. The number of methoxy groups -OCH3 is 1. The van der Waals surface area contributed by atoms with E-state index in [0.717, 1.165) is 16.8 Å². The number of hydrogen-bond donors (Lipinski definition) is 1. The summed E-state index contributed by atoms with van der Waals surface area (Å²) in [5.74, 6) is 1.08.